The van der Waals surface area contributed by atoms with E-state index in [1.54, 1.807) is 0 Å². The van der Waals surface area contributed by atoms with Crippen LogP contribution in [0.5, 0.6) is 0 Å². The van der Waals surface area contributed by atoms with Gasteiger partial charge in [0.15, 0.2) is 17.4 Å². The predicted molar refractivity (Wildman–Crippen MR) is 114 cm³/mol. The van der Waals surface area contributed by atoms with E-state index in [4.69, 9.17) is 30.3 Å². The largest absolute Gasteiger partial charge is 0.374 e. The molecule has 1 aliphatic heterocycles. The van der Waals surface area contributed by atoms with Crippen LogP contribution in [0.2, 0.25) is 0 Å². The quantitative estimate of drug-likeness (QED) is 0.346. The maximum Gasteiger partial charge on any atom is 0.328 e. The highest BCUT2D eigenvalue weighted by Crippen LogP contribution is 2.62. The second-order valence-corrected chi connectivity index (χ2v) is 12.3. The van der Waals surface area contributed by atoms with Gasteiger partial charge in [-0.2, -0.15) is 0 Å². The molecule has 178 valence electrons. The number of aromatic nitrogens is 4. The second kappa shape index (κ2) is 8.95. The molecular formula is C16H24N4O9P2S. The van der Waals surface area contributed by atoms with Gasteiger partial charge in [-0.05, 0) is 24.6 Å². The van der Waals surface area contributed by atoms with Crippen molar-refractivity contribution in [1.29, 1.82) is 0 Å². The highest BCUT2D eigenvalue weighted by Gasteiger charge is 2.62. The Labute approximate surface area is 187 Å². The molecule has 0 spiro atoms. The molecule has 16 heteroatoms. The van der Waals surface area contributed by atoms with Gasteiger partial charge in [0.05, 0.1) is 31.0 Å². The zero-order valence-corrected chi connectivity index (χ0v) is 19.8. The Hall–Kier alpha value is -1.05. The standard InChI is InChI=1S/C16H24N4O9P2S/c1-3-4-27-31(25,32)29-12-11(8-5-9(8)30(22,23)24)28-16(13(12)26-2)20-7-19-10-14(20)17-6-18-15(10)21/h6-9,11-13,16H,3-5H2,1-2H3,(H,25,32)(H,17,18,21)(H2,22,23,24)/t8?,9?,11-,12?,13?,16-,31?/m1/s1. The number of nitrogens with zero attached hydrogens (tertiary/aromatic N) is 3. The first kappa shape index (κ1) is 24.1. The number of imidazole rings is 1. The topological polar surface area (TPSA) is 178 Å². The van der Waals surface area contributed by atoms with E-state index in [2.05, 4.69) is 15.0 Å². The van der Waals surface area contributed by atoms with E-state index < -0.39 is 56.0 Å². The molecule has 2 aromatic rings. The normalized spacial score (nSPS) is 32.3. The summed E-state index contributed by atoms with van der Waals surface area (Å²) in [5.74, 6) is -0.546. The third-order valence-corrected chi connectivity index (χ3v) is 8.56. The van der Waals surface area contributed by atoms with Gasteiger partial charge in [-0.25, -0.2) is 9.97 Å². The van der Waals surface area contributed by atoms with E-state index in [9.17, 15) is 24.0 Å². The Morgan fingerprint density at radius 2 is 2.09 bits per heavy atom. The van der Waals surface area contributed by atoms with Crippen molar-refractivity contribution >= 4 is 37.3 Å². The minimum Gasteiger partial charge on any atom is -0.374 e. The number of fused-ring (bicyclic) bond motifs is 1. The molecule has 2 aromatic heterocycles. The van der Waals surface area contributed by atoms with Crippen LogP contribution in [0, 0.1) is 5.92 Å². The van der Waals surface area contributed by atoms with Crippen LogP contribution in [0.4, 0.5) is 0 Å². The molecule has 4 rings (SSSR count). The molecule has 5 unspecified atom stereocenters. The van der Waals surface area contributed by atoms with Crippen LogP contribution in [-0.2, 0) is 34.9 Å². The van der Waals surface area contributed by atoms with E-state index in [1.807, 2.05) is 6.92 Å². The van der Waals surface area contributed by atoms with Gasteiger partial charge in [-0.3, -0.25) is 18.5 Å². The highest BCUT2D eigenvalue weighted by atomic mass is 32.5. The Bertz CT molecular complexity index is 1140. The van der Waals surface area contributed by atoms with Gasteiger partial charge in [-0.1, -0.05) is 6.92 Å². The van der Waals surface area contributed by atoms with E-state index >= 15 is 0 Å². The summed E-state index contributed by atoms with van der Waals surface area (Å²) in [7, 11) is -2.95. The summed E-state index contributed by atoms with van der Waals surface area (Å²) in [6, 6.07) is 0. The van der Waals surface area contributed by atoms with E-state index in [0.717, 1.165) is 0 Å². The molecule has 1 saturated heterocycles. The molecule has 7 atom stereocenters. The molecule has 3 heterocycles. The minimum atomic E-state index is -4.35. The summed E-state index contributed by atoms with van der Waals surface area (Å²) in [4.78, 5) is 52.4. The fourth-order valence-corrected chi connectivity index (χ4v) is 6.71. The molecule has 13 nitrogen and oxygen atoms in total. The van der Waals surface area contributed by atoms with Crippen molar-refractivity contribution in [3.63, 3.8) is 0 Å². The van der Waals surface area contributed by atoms with Gasteiger partial charge in [0, 0.05) is 13.0 Å². The van der Waals surface area contributed by atoms with Gasteiger partial charge in [0.2, 0.25) is 0 Å². The van der Waals surface area contributed by atoms with Gasteiger partial charge in [0.1, 0.15) is 12.2 Å². The first-order chi connectivity index (χ1) is 15.1. The third-order valence-electron chi connectivity index (χ3n) is 5.51. The molecule has 0 aromatic carbocycles. The summed E-state index contributed by atoms with van der Waals surface area (Å²) in [6.45, 7) is -1.67. The van der Waals surface area contributed by atoms with Crippen molar-refractivity contribution in [3.8, 4) is 0 Å². The number of nitrogens with one attached hydrogen (secondary N) is 1. The lowest BCUT2D eigenvalue weighted by Crippen LogP contribution is -2.36. The number of aromatic amines is 1. The fraction of sp³-hybridized carbons (Fsp3) is 0.688. The van der Waals surface area contributed by atoms with E-state index in [-0.39, 0.29) is 24.2 Å². The summed E-state index contributed by atoms with van der Waals surface area (Å²) >= 11 is 5.12. The van der Waals surface area contributed by atoms with Crippen LogP contribution in [0.25, 0.3) is 11.2 Å². The Kier molecular flexibility index (Phi) is 6.74. The average molecular weight is 510 g/mol. The molecule has 2 aliphatic rings. The first-order valence-electron chi connectivity index (χ1n) is 9.86. The van der Waals surface area contributed by atoms with Crippen molar-refractivity contribution in [1.82, 2.24) is 19.5 Å². The number of rotatable bonds is 9. The summed E-state index contributed by atoms with van der Waals surface area (Å²) in [5.41, 5.74) is -1.02. The van der Waals surface area contributed by atoms with Crippen LogP contribution in [-0.4, -0.2) is 71.9 Å². The van der Waals surface area contributed by atoms with E-state index in [0.29, 0.717) is 6.42 Å². The number of methoxy groups -OCH3 is 1. The lowest BCUT2D eigenvalue weighted by atomic mass is 10.1. The minimum absolute atomic E-state index is 0.0879. The summed E-state index contributed by atoms with van der Waals surface area (Å²) in [6.07, 6.45) is -0.219. The maximum absolute atomic E-state index is 12.0. The van der Waals surface area contributed by atoms with Crippen molar-refractivity contribution in [2.45, 2.75) is 50.0 Å². The van der Waals surface area contributed by atoms with Gasteiger partial charge in [0.25, 0.3) is 5.56 Å². The van der Waals surface area contributed by atoms with Crippen LogP contribution < -0.4 is 5.56 Å². The monoisotopic (exact) mass is 510 g/mol. The van der Waals surface area contributed by atoms with Gasteiger partial charge >= 0.3 is 14.3 Å². The SMILES string of the molecule is CCCOP(O)(=S)OC1C(OC)[C@H](n2cnc3c(=O)[nH]cnc32)O[C@@H]1C1CC1P(=O)(O)O. The summed E-state index contributed by atoms with van der Waals surface area (Å²) in [5, 5.41) is 0. The van der Waals surface area contributed by atoms with E-state index in [1.165, 1.54) is 24.3 Å². The molecule has 32 heavy (non-hydrogen) atoms. The Morgan fingerprint density at radius 1 is 1.34 bits per heavy atom. The third kappa shape index (κ3) is 4.62. The zero-order valence-electron chi connectivity index (χ0n) is 17.2. The van der Waals surface area contributed by atoms with Crippen LogP contribution in [0.3, 0.4) is 0 Å². The lowest BCUT2D eigenvalue weighted by Gasteiger charge is -2.27. The molecule has 1 aliphatic carbocycles. The second-order valence-electron chi connectivity index (χ2n) is 7.68. The molecule has 0 amide bonds. The molecule has 0 bridgehead atoms. The van der Waals surface area contributed by atoms with Crippen LogP contribution in [0.1, 0.15) is 26.0 Å². The molecule has 4 N–H and O–H groups in total. The molecule has 1 saturated carbocycles. The van der Waals surface area contributed by atoms with Gasteiger partial charge < -0.3 is 33.7 Å². The number of ether oxygens (including phenoxy) is 2. The Morgan fingerprint density at radius 3 is 2.72 bits per heavy atom. The van der Waals surface area contributed by atoms with Crippen molar-refractivity contribution < 1.29 is 37.8 Å². The molecule has 0 radical (unpaired) electrons. The molecular weight excluding hydrogens is 486 g/mol. The van der Waals surface area contributed by atoms with Crippen LogP contribution in [0.15, 0.2) is 17.4 Å². The predicted octanol–water partition coefficient (Wildman–Crippen LogP) is 0.627. The van der Waals surface area contributed by atoms with Crippen molar-refractivity contribution in [3.05, 3.63) is 23.0 Å². The van der Waals surface area contributed by atoms with Crippen LogP contribution >= 0.6 is 14.3 Å². The fourth-order valence-electron chi connectivity index (χ4n) is 3.98. The molecule has 2 fully saturated rings. The van der Waals surface area contributed by atoms with Gasteiger partial charge in [-0.15, -0.1) is 0 Å². The van der Waals surface area contributed by atoms with Crippen molar-refractivity contribution in [2.75, 3.05) is 13.7 Å². The Balaban J connectivity index is 1.70. The number of H-pyrrole nitrogens is 1. The first-order valence-corrected chi connectivity index (χ1v) is 14.1. The smallest absolute Gasteiger partial charge is 0.328 e. The zero-order chi connectivity index (χ0) is 23.3. The maximum atomic E-state index is 12.0. The lowest BCUT2D eigenvalue weighted by molar-refractivity contribution is -0.0526. The van der Waals surface area contributed by atoms with Crippen molar-refractivity contribution in [2.24, 2.45) is 5.92 Å². The number of hydrogen-bond acceptors (Lipinski definition) is 9. The summed E-state index contributed by atoms with van der Waals surface area (Å²) < 4.78 is 36.1. The average Bonchev–Trinajstić information content (AvgIpc) is 3.30. The number of hydrogen-bond donors (Lipinski definition) is 4. The highest BCUT2D eigenvalue weighted by molar-refractivity contribution is 8.07.